The van der Waals surface area contributed by atoms with E-state index in [2.05, 4.69) is 0 Å². The van der Waals surface area contributed by atoms with Gasteiger partial charge in [-0.2, -0.15) is 0 Å². The summed E-state index contributed by atoms with van der Waals surface area (Å²) in [5.41, 5.74) is 0. The normalized spacial score (nSPS) is 32.1. The summed E-state index contributed by atoms with van der Waals surface area (Å²) in [5.74, 6) is 0. The van der Waals surface area contributed by atoms with Crippen LogP contribution >= 0.6 is 0 Å². The van der Waals surface area contributed by atoms with Crippen molar-refractivity contribution < 1.29 is 22.4 Å². The molecule has 1 rings (SSSR count). The van der Waals surface area contributed by atoms with Crippen LogP contribution in [0, 0.1) is 0 Å². The van der Waals surface area contributed by atoms with Gasteiger partial charge in [0, 0.05) is 12.7 Å². The quantitative estimate of drug-likeness (QED) is 0.726. The molecule has 78 valence electrons. The van der Waals surface area contributed by atoms with Gasteiger partial charge in [0.1, 0.15) is 0 Å². The minimum Gasteiger partial charge on any atom is -0.410 e. The molecule has 0 amide bonds. The molecule has 1 aliphatic heterocycles. The molecule has 2 atom stereocenters. The van der Waals surface area contributed by atoms with E-state index >= 15 is 0 Å². The Labute approximate surface area is 76.0 Å². The molecule has 1 saturated heterocycles. The van der Waals surface area contributed by atoms with Crippen molar-refractivity contribution in [2.45, 2.75) is 37.5 Å². The van der Waals surface area contributed by atoms with E-state index in [1.807, 2.05) is 0 Å². The minimum atomic E-state index is -3.12. The summed E-state index contributed by atoms with van der Waals surface area (Å²) < 4.78 is 41.3. The molecule has 1 N–H and O–H groups in total. The molecule has 1 fully saturated rings. The van der Waals surface area contributed by atoms with Gasteiger partial charge in [0.15, 0.2) is 6.17 Å². The Kier molecular flexibility index (Phi) is 3.75. The second-order valence-corrected chi connectivity index (χ2v) is 6.40. The van der Waals surface area contributed by atoms with Crippen molar-refractivity contribution in [2.24, 2.45) is 0 Å². The zero-order valence-corrected chi connectivity index (χ0v) is 8.18. The number of halogens is 3. The molecule has 0 saturated carbocycles. The summed E-state index contributed by atoms with van der Waals surface area (Å²) in [6.45, 7) is 0.374. The second-order valence-electron chi connectivity index (χ2n) is 3.31. The van der Waals surface area contributed by atoms with Crippen molar-refractivity contribution >= 4 is 8.56 Å². The topological polar surface area (TPSA) is 29.5 Å². The predicted molar refractivity (Wildman–Crippen MR) is 43.7 cm³/mol. The minimum absolute atomic E-state index is 0.374. The highest BCUT2D eigenvalue weighted by atomic mass is 28.4. The zero-order chi connectivity index (χ0) is 9.90. The molecule has 13 heavy (non-hydrogen) atoms. The Bertz CT molecular complexity index is 162. The van der Waals surface area contributed by atoms with Gasteiger partial charge in [0.2, 0.25) is 0 Å². The predicted octanol–water partition coefficient (Wildman–Crippen LogP) is 1.83. The highest BCUT2D eigenvalue weighted by Gasteiger charge is 2.40. The van der Waals surface area contributed by atoms with E-state index in [4.69, 9.17) is 4.43 Å². The fourth-order valence-corrected chi connectivity index (χ4v) is 3.97. The lowest BCUT2D eigenvalue weighted by Crippen LogP contribution is -2.44. The first kappa shape index (κ1) is 11.0. The zero-order valence-electron chi connectivity index (χ0n) is 7.18. The molecule has 0 aromatic heterocycles. The maximum Gasteiger partial charge on any atom is 0.338 e. The van der Waals surface area contributed by atoms with Crippen LogP contribution in [0.25, 0.3) is 0 Å². The van der Waals surface area contributed by atoms with Gasteiger partial charge in [0.05, 0.1) is 0 Å². The molecule has 2 nitrogen and oxygen atoms in total. The van der Waals surface area contributed by atoms with Crippen molar-refractivity contribution in [2.75, 3.05) is 6.61 Å². The van der Waals surface area contributed by atoms with Crippen molar-refractivity contribution in [1.29, 1.82) is 0 Å². The van der Waals surface area contributed by atoms with Gasteiger partial charge in [-0.1, -0.05) is 0 Å². The maximum absolute atomic E-state index is 12.6. The Morgan fingerprint density at radius 2 is 2.00 bits per heavy atom. The molecule has 0 aromatic rings. The van der Waals surface area contributed by atoms with E-state index in [1.54, 1.807) is 0 Å². The van der Waals surface area contributed by atoms with Gasteiger partial charge in [-0.3, -0.25) is 0 Å². The smallest absolute Gasteiger partial charge is 0.338 e. The highest BCUT2D eigenvalue weighted by molar-refractivity contribution is 6.66. The van der Waals surface area contributed by atoms with Gasteiger partial charge < -0.3 is 9.22 Å². The molecular weight excluding hydrogens is 201 g/mol. The summed E-state index contributed by atoms with van der Waals surface area (Å²) in [4.78, 5) is 9.63. The van der Waals surface area contributed by atoms with Crippen LogP contribution in [-0.2, 0) is 4.43 Å². The van der Waals surface area contributed by atoms with Crippen molar-refractivity contribution in [3.63, 3.8) is 0 Å². The van der Waals surface area contributed by atoms with Crippen LogP contribution in [0.4, 0.5) is 13.2 Å². The third-order valence-corrected chi connectivity index (χ3v) is 5.02. The average Bonchev–Trinajstić information content (AvgIpc) is 2.04. The summed E-state index contributed by atoms with van der Waals surface area (Å²) in [6, 6.07) is -0.120. The molecule has 1 aliphatic rings. The van der Waals surface area contributed by atoms with E-state index in [-0.39, 0.29) is 0 Å². The van der Waals surface area contributed by atoms with E-state index in [1.165, 1.54) is 0 Å². The fourth-order valence-electron chi connectivity index (χ4n) is 1.39. The first-order valence-corrected chi connectivity index (χ1v) is 6.59. The lowest BCUT2D eigenvalue weighted by molar-refractivity contribution is 0.0519. The summed E-state index contributed by atoms with van der Waals surface area (Å²) in [5, 5.41) is 0. The molecule has 2 unspecified atom stereocenters. The molecule has 0 spiro atoms. The van der Waals surface area contributed by atoms with E-state index in [9.17, 15) is 18.0 Å². The third-order valence-electron chi connectivity index (χ3n) is 2.12. The third kappa shape index (κ3) is 3.28. The SMILES string of the molecule is O[Si]1(CC(F)C(F)F)CCCCO1. The van der Waals surface area contributed by atoms with Gasteiger partial charge in [-0.05, 0) is 18.9 Å². The summed E-state index contributed by atoms with van der Waals surface area (Å²) >= 11 is 0. The van der Waals surface area contributed by atoms with Gasteiger partial charge in [-0.25, -0.2) is 13.2 Å². The van der Waals surface area contributed by atoms with Crippen LogP contribution in [0.3, 0.4) is 0 Å². The fraction of sp³-hybridized carbons (Fsp3) is 1.00. The first-order chi connectivity index (χ1) is 6.03. The first-order valence-electron chi connectivity index (χ1n) is 4.32. The van der Waals surface area contributed by atoms with Crippen LogP contribution in [0.5, 0.6) is 0 Å². The largest absolute Gasteiger partial charge is 0.410 e. The summed E-state index contributed by atoms with van der Waals surface area (Å²) in [6.07, 6.45) is -3.68. The van der Waals surface area contributed by atoms with Crippen molar-refractivity contribution in [3.05, 3.63) is 0 Å². The van der Waals surface area contributed by atoms with Crippen LogP contribution in [0.15, 0.2) is 0 Å². The van der Waals surface area contributed by atoms with Crippen LogP contribution in [0.1, 0.15) is 12.8 Å². The number of hydrogen-bond acceptors (Lipinski definition) is 2. The molecule has 0 bridgehead atoms. The van der Waals surface area contributed by atoms with Crippen LogP contribution < -0.4 is 0 Å². The maximum atomic E-state index is 12.6. The Morgan fingerprint density at radius 3 is 2.46 bits per heavy atom. The Balaban J connectivity index is 2.40. The van der Waals surface area contributed by atoms with Gasteiger partial charge >= 0.3 is 8.56 Å². The standard InChI is InChI=1S/C7H13F3O2Si/c8-6(7(9)10)5-13(11)4-2-1-3-12-13/h6-7,11H,1-5H2. The van der Waals surface area contributed by atoms with Crippen molar-refractivity contribution in [3.8, 4) is 0 Å². The van der Waals surface area contributed by atoms with E-state index in [0.29, 0.717) is 12.7 Å². The van der Waals surface area contributed by atoms with E-state index in [0.717, 1.165) is 12.8 Å². The van der Waals surface area contributed by atoms with Crippen LogP contribution in [0.2, 0.25) is 12.1 Å². The molecule has 0 aliphatic carbocycles. The highest BCUT2D eigenvalue weighted by Crippen LogP contribution is 2.27. The summed E-state index contributed by atoms with van der Waals surface area (Å²) in [7, 11) is -3.12. The average molecular weight is 214 g/mol. The van der Waals surface area contributed by atoms with Gasteiger partial charge in [-0.15, -0.1) is 0 Å². The second kappa shape index (κ2) is 4.43. The number of rotatable bonds is 3. The lowest BCUT2D eigenvalue weighted by atomic mass is 10.4. The Hall–Kier alpha value is -0.0731. The van der Waals surface area contributed by atoms with Gasteiger partial charge in [0.25, 0.3) is 6.43 Å². The Morgan fingerprint density at radius 1 is 1.31 bits per heavy atom. The number of hydrogen-bond donors (Lipinski definition) is 1. The monoisotopic (exact) mass is 214 g/mol. The molecule has 0 radical (unpaired) electrons. The molecule has 1 heterocycles. The number of alkyl halides is 3. The van der Waals surface area contributed by atoms with Crippen molar-refractivity contribution in [1.82, 2.24) is 0 Å². The lowest BCUT2D eigenvalue weighted by Gasteiger charge is -2.29. The van der Waals surface area contributed by atoms with E-state index < -0.39 is 27.2 Å². The van der Waals surface area contributed by atoms with Crippen LogP contribution in [-0.4, -0.2) is 32.6 Å². The molecule has 0 aromatic carbocycles. The molecular formula is C7H13F3O2Si. The molecule has 6 heteroatoms.